The van der Waals surface area contributed by atoms with Gasteiger partial charge in [-0.05, 0) is 30.0 Å². The highest BCUT2D eigenvalue weighted by Crippen LogP contribution is 2.25. The van der Waals surface area contributed by atoms with Gasteiger partial charge in [0.15, 0.2) is 0 Å². The molecule has 0 saturated carbocycles. The molecule has 0 aliphatic carbocycles. The van der Waals surface area contributed by atoms with Crippen molar-refractivity contribution in [2.75, 3.05) is 18.4 Å². The van der Waals surface area contributed by atoms with Crippen LogP contribution in [0.5, 0.6) is 0 Å². The van der Waals surface area contributed by atoms with Crippen LogP contribution in [0.4, 0.5) is 5.69 Å². The van der Waals surface area contributed by atoms with E-state index in [-0.39, 0.29) is 11.8 Å². The average molecular weight is 345 g/mol. The van der Waals surface area contributed by atoms with Crippen molar-refractivity contribution in [2.24, 2.45) is 11.8 Å². The first-order valence-corrected chi connectivity index (χ1v) is 8.01. The third kappa shape index (κ3) is 5.85. The molecule has 1 N–H and O–H groups in total. The molecule has 1 rings (SSSR count). The Morgan fingerprint density at radius 2 is 1.64 bits per heavy atom. The van der Waals surface area contributed by atoms with Gasteiger partial charge in [0, 0.05) is 18.1 Å². The average Bonchev–Trinajstić information content (AvgIpc) is 2.40. The van der Waals surface area contributed by atoms with Crippen molar-refractivity contribution >= 4 is 40.7 Å². The zero-order valence-electron chi connectivity index (χ0n) is 13.3. The van der Waals surface area contributed by atoms with E-state index in [2.05, 4.69) is 5.32 Å². The predicted molar refractivity (Wildman–Crippen MR) is 91.3 cm³/mol. The van der Waals surface area contributed by atoms with Crippen molar-refractivity contribution in [3.8, 4) is 0 Å². The van der Waals surface area contributed by atoms with Crippen LogP contribution in [0.15, 0.2) is 18.2 Å². The molecule has 0 heterocycles. The van der Waals surface area contributed by atoms with Gasteiger partial charge in [-0.25, -0.2) is 0 Å². The summed E-state index contributed by atoms with van der Waals surface area (Å²) in [5.41, 5.74) is 0.335. The Morgan fingerprint density at radius 1 is 1.09 bits per heavy atom. The Morgan fingerprint density at radius 3 is 2.14 bits per heavy atom. The van der Waals surface area contributed by atoms with Crippen molar-refractivity contribution in [3.05, 3.63) is 28.2 Å². The molecule has 0 saturated heterocycles. The fraction of sp³-hybridized carbons (Fsp3) is 0.500. The number of hydrogen-bond donors (Lipinski definition) is 1. The van der Waals surface area contributed by atoms with Gasteiger partial charge in [-0.2, -0.15) is 0 Å². The first-order chi connectivity index (χ1) is 10.2. The third-order valence-electron chi connectivity index (χ3n) is 2.83. The molecular weight excluding hydrogens is 323 g/mol. The van der Waals surface area contributed by atoms with Crippen LogP contribution in [0.3, 0.4) is 0 Å². The summed E-state index contributed by atoms with van der Waals surface area (Å²) in [4.78, 5) is 26.1. The fourth-order valence-electron chi connectivity index (χ4n) is 2.03. The van der Waals surface area contributed by atoms with E-state index < -0.39 is 11.8 Å². The first-order valence-electron chi connectivity index (χ1n) is 7.26. The number of benzene rings is 1. The molecular formula is C16H22Cl2N2O2. The third-order valence-corrected chi connectivity index (χ3v) is 3.39. The smallest absolute Gasteiger partial charge is 0.313 e. The van der Waals surface area contributed by atoms with Crippen LogP contribution in [0.2, 0.25) is 10.0 Å². The largest absolute Gasteiger partial charge is 0.334 e. The van der Waals surface area contributed by atoms with Crippen LogP contribution in [0.1, 0.15) is 27.7 Å². The van der Waals surface area contributed by atoms with E-state index in [1.54, 1.807) is 17.0 Å². The number of amides is 2. The molecule has 1 aromatic carbocycles. The normalized spacial score (nSPS) is 10.9. The molecule has 6 heteroatoms. The van der Waals surface area contributed by atoms with Gasteiger partial charge < -0.3 is 10.2 Å². The summed E-state index contributed by atoms with van der Waals surface area (Å²) in [6.45, 7) is 9.10. The molecule has 2 amide bonds. The first kappa shape index (κ1) is 18.8. The van der Waals surface area contributed by atoms with Crippen molar-refractivity contribution in [2.45, 2.75) is 27.7 Å². The zero-order valence-corrected chi connectivity index (χ0v) is 14.8. The van der Waals surface area contributed by atoms with E-state index in [9.17, 15) is 9.59 Å². The van der Waals surface area contributed by atoms with Crippen molar-refractivity contribution in [3.63, 3.8) is 0 Å². The molecule has 0 fully saturated rings. The van der Waals surface area contributed by atoms with Crippen LogP contribution in [0.25, 0.3) is 0 Å². The van der Waals surface area contributed by atoms with Gasteiger partial charge in [-0.15, -0.1) is 0 Å². The lowest BCUT2D eigenvalue weighted by Crippen LogP contribution is -2.43. The quantitative estimate of drug-likeness (QED) is 0.818. The molecule has 0 atom stereocenters. The number of hydrogen-bond acceptors (Lipinski definition) is 2. The Balaban J connectivity index is 2.84. The van der Waals surface area contributed by atoms with Crippen LogP contribution < -0.4 is 5.32 Å². The minimum Gasteiger partial charge on any atom is -0.334 e. The zero-order chi connectivity index (χ0) is 16.9. The van der Waals surface area contributed by atoms with E-state index >= 15 is 0 Å². The Hall–Kier alpha value is -1.26. The molecule has 0 aromatic heterocycles. The minimum absolute atomic E-state index is 0.283. The van der Waals surface area contributed by atoms with Gasteiger partial charge in [0.05, 0.1) is 10.7 Å². The fourth-order valence-corrected chi connectivity index (χ4v) is 2.37. The minimum atomic E-state index is -0.703. The number of halogens is 2. The maximum Gasteiger partial charge on any atom is 0.313 e. The van der Waals surface area contributed by atoms with E-state index in [4.69, 9.17) is 23.2 Å². The number of anilines is 1. The molecule has 0 aliphatic rings. The summed E-state index contributed by atoms with van der Waals surface area (Å²) in [6.07, 6.45) is 0. The molecule has 122 valence electrons. The maximum atomic E-state index is 12.4. The van der Waals surface area contributed by atoms with Crippen LogP contribution in [0, 0.1) is 11.8 Å². The lowest BCUT2D eigenvalue weighted by Gasteiger charge is -2.25. The highest BCUT2D eigenvalue weighted by molar-refractivity contribution is 6.42. The number of nitrogens with one attached hydrogen (secondary N) is 1. The molecule has 0 aliphatic heterocycles. The summed E-state index contributed by atoms with van der Waals surface area (Å²) in [5.74, 6) is -0.695. The second-order valence-corrected chi connectivity index (χ2v) is 6.92. The second kappa shape index (κ2) is 8.39. The molecule has 0 bridgehead atoms. The Bertz CT molecular complexity index is 535. The SMILES string of the molecule is CC(C)CN(CC(C)C)C(=O)C(=O)Nc1cc(Cl)ccc1Cl. The number of carbonyl (C=O) groups excluding carboxylic acids is 2. The summed E-state index contributed by atoms with van der Waals surface area (Å²) in [7, 11) is 0. The lowest BCUT2D eigenvalue weighted by atomic mass is 10.1. The summed E-state index contributed by atoms with van der Waals surface area (Å²) in [6, 6.07) is 4.71. The Labute approximate surface area is 141 Å². The van der Waals surface area contributed by atoms with Crippen molar-refractivity contribution < 1.29 is 9.59 Å². The van der Waals surface area contributed by atoms with Crippen molar-refractivity contribution in [1.29, 1.82) is 0 Å². The van der Waals surface area contributed by atoms with E-state index in [0.717, 1.165) is 0 Å². The van der Waals surface area contributed by atoms with E-state index in [1.807, 2.05) is 27.7 Å². The molecule has 22 heavy (non-hydrogen) atoms. The van der Waals surface area contributed by atoms with Gasteiger partial charge in [0.2, 0.25) is 0 Å². The number of nitrogens with zero attached hydrogens (tertiary/aromatic N) is 1. The summed E-state index contributed by atoms with van der Waals surface area (Å²) < 4.78 is 0. The molecule has 0 radical (unpaired) electrons. The van der Waals surface area contributed by atoms with Crippen LogP contribution >= 0.6 is 23.2 Å². The monoisotopic (exact) mass is 344 g/mol. The van der Waals surface area contributed by atoms with Crippen LogP contribution in [-0.4, -0.2) is 29.8 Å². The second-order valence-electron chi connectivity index (χ2n) is 6.08. The Kier molecular flexibility index (Phi) is 7.17. The van der Waals surface area contributed by atoms with E-state index in [0.29, 0.717) is 28.8 Å². The highest BCUT2D eigenvalue weighted by atomic mass is 35.5. The number of carbonyl (C=O) groups is 2. The van der Waals surface area contributed by atoms with Gasteiger partial charge >= 0.3 is 11.8 Å². The summed E-state index contributed by atoms with van der Waals surface area (Å²) >= 11 is 11.9. The number of rotatable bonds is 5. The van der Waals surface area contributed by atoms with Crippen molar-refractivity contribution in [1.82, 2.24) is 4.90 Å². The molecule has 0 spiro atoms. The van der Waals surface area contributed by atoms with Gasteiger partial charge in [0.25, 0.3) is 0 Å². The topological polar surface area (TPSA) is 49.4 Å². The predicted octanol–water partition coefficient (Wildman–Crippen LogP) is 4.07. The molecule has 1 aromatic rings. The van der Waals surface area contributed by atoms with Gasteiger partial charge in [-0.3, -0.25) is 9.59 Å². The molecule has 0 unspecified atom stereocenters. The standard InChI is InChI=1S/C16H22Cl2N2O2/c1-10(2)8-20(9-11(3)4)16(22)15(21)19-14-7-12(17)5-6-13(14)18/h5-7,10-11H,8-9H2,1-4H3,(H,19,21). The maximum absolute atomic E-state index is 12.4. The van der Waals surface area contributed by atoms with Crippen LogP contribution in [-0.2, 0) is 9.59 Å². The van der Waals surface area contributed by atoms with E-state index in [1.165, 1.54) is 6.07 Å². The molecule has 4 nitrogen and oxygen atoms in total. The highest BCUT2D eigenvalue weighted by Gasteiger charge is 2.24. The van der Waals surface area contributed by atoms with Gasteiger partial charge in [0.1, 0.15) is 0 Å². The summed E-state index contributed by atoms with van der Waals surface area (Å²) in [5, 5.41) is 3.31. The van der Waals surface area contributed by atoms with Gasteiger partial charge in [-0.1, -0.05) is 50.9 Å². The lowest BCUT2D eigenvalue weighted by molar-refractivity contribution is -0.143.